The van der Waals surface area contributed by atoms with Crippen molar-refractivity contribution in [2.45, 2.75) is 58.5 Å². The first-order chi connectivity index (χ1) is 7.23. The number of rotatable bonds is 2. The zero-order valence-electron chi connectivity index (χ0n) is 10.9. The molecular weight excluding hydrogens is 206 g/mol. The lowest BCUT2D eigenvalue weighted by molar-refractivity contribution is -0.259. The van der Waals surface area contributed by atoms with Crippen molar-refractivity contribution in [3.63, 3.8) is 0 Å². The lowest BCUT2D eigenvalue weighted by atomic mass is 9.74. The monoisotopic (exact) mass is 229 g/mol. The van der Waals surface area contributed by atoms with Gasteiger partial charge in [-0.15, -0.1) is 0 Å². The quantitative estimate of drug-likeness (QED) is 0.738. The summed E-state index contributed by atoms with van der Waals surface area (Å²) < 4.78 is 5.06. The van der Waals surface area contributed by atoms with E-state index in [-0.39, 0.29) is 17.4 Å². The van der Waals surface area contributed by atoms with Crippen molar-refractivity contribution in [2.24, 2.45) is 5.92 Å². The molecule has 0 aliphatic carbocycles. The third-order valence-electron chi connectivity index (χ3n) is 3.59. The van der Waals surface area contributed by atoms with Gasteiger partial charge in [0.15, 0.2) is 0 Å². The van der Waals surface area contributed by atoms with Crippen molar-refractivity contribution in [2.75, 3.05) is 6.61 Å². The maximum absolute atomic E-state index is 11.8. The molecule has 1 heterocycles. The lowest BCUT2D eigenvalue weighted by Gasteiger charge is -2.51. The van der Waals surface area contributed by atoms with Gasteiger partial charge in [0.1, 0.15) is 0 Å². The number of ether oxygens (including phenoxy) is 1. The Morgan fingerprint density at radius 1 is 1.44 bits per heavy atom. The Morgan fingerprint density at radius 3 is 2.50 bits per heavy atom. The van der Waals surface area contributed by atoms with Crippen molar-refractivity contribution in [1.29, 1.82) is 0 Å². The van der Waals surface area contributed by atoms with Gasteiger partial charge in [0.05, 0.1) is 18.1 Å². The highest BCUT2D eigenvalue weighted by Crippen LogP contribution is 2.41. The summed E-state index contributed by atoms with van der Waals surface area (Å²) in [5.74, 6) is -0.465. The summed E-state index contributed by atoms with van der Waals surface area (Å²) in [7, 11) is 0. The molecule has 0 spiro atoms. The Kier molecular flexibility index (Phi) is 3.65. The summed E-state index contributed by atoms with van der Waals surface area (Å²) in [6.45, 7) is 9.92. The fourth-order valence-electron chi connectivity index (χ4n) is 2.53. The largest absolute Gasteiger partial charge is 0.466 e. The molecule has 1 aliphatic rings. The molecule has 16 heavy (non-hydrogen) atoms. The highest BCUT2D eigenvalue weighted by atomic mass is 16.5. The van der Waals surface area contributed by atoms with Crippen LogP contribution in [0.4, 0.5) is 0 Å². The van der Waals surface area contributed by atoms with Crippen LogP contribution in [0.25, 0.3) is 0 Å². The molecule has 1 fully saturated rings. The van der Waals surface area contributed by atoms with E-state index in [1.54, 1.807) is 6.92 Å². The fraction of sp³-hybridized carbons (Fsp3) is 0.917. The summed E-state index contributed by atoms with van der Waals surface area (Å²) in [5, 5.41) is 11.5. The van der Waals surface area contributed by atoms with Crippen LogP contribution in [0.5, 0.6) is 0 Å². The lowest BCUT2D eigenvalue weighted by Crippen LogP contribution is -2.62. The summed E-state index contributed by atoms with van der Waals surface area (Å²) in [6.07, 6.45) is 1.55. The normalized spacial score (nSPS) is 28.8. The Balaban J connectivity index is 2.87. The molecule has 0 amide bonds. The van der Waals surface area contributed by atoms with Crippen molar-refractivity contribution in [1.82, 2.24) is 5.06 Å². The van der Waals surface area contributed by atoms with Crippen molar-refractivity contribution < 1.29 is 14.7 Å². The van der Waals surface area contributed by atoms with Crippen LogP contribution in [-0.2, 0) is 9.53 Å². The second-order valence-electron chi connectivity index (χ2n) is 5.62. The fourth-order valence-corrected chi connectivity index (χ4v) is 2.53. The van der Waals surface area contributed by atoms with E-state index >= 15 is 0 Å². The Labute approximate surface area is 97.5 Å². The van der Waals surface area contributed by atoms with Gasteiger partial charge in [-0.1, -0.05) is 0 Å². The van der Waals surface area contributed by atoms with Crippen molar-refractivity contribution in [3.05, 3.63) is 0 Å². The minimum atomic E-state index is -0.575. The van der Waals surface area contributed by atoms with Gasteiger partial charge in [0, 0.05) is 5.54 Å². The van der Waals surface area contributed by atoms with Gasteiger partial charge in [-0.05, 0) is 47.5 Å². The molecule has 4 heteroatoms. The van der Waals surface area contributed by atoms with Crippen molar-refractivity contribution in [3.8, 4) is 0 Å². The number of carbonyl (C=O) groups is 1. The van der Waals surface area contributed by atoms with Gasteiger partial charge in [0.2, 0.25) is 0 Å². The third kappa shape index (κ3) is 2.23. The van der Waals surface area contributed by atoms with Crippen LogP contribution in [0, 0.1) is 5.92 Å². The van der Waals surface area contributed by atoms with Crippen LogP contribution in [0.15, 0.2) is 0 Å². The summed E-state index contributed by atoms with van der Waals surface area (Å²) >= 11 is 0. The molecule has 0 saturated carbocycles. The zero-order chi connectivity index (χ0) is 12.6. The maximum atomic E-state index is 11.8. The maximum Gasteiger partial charge on any atom is 0.310 e. The minimum absolute atomic E-state index is 0.206. The van der Waals surface area contributed by atoms with E-state index in [2.05, 4.69) is 0 Å². The molecule has 1 N–H and O–H groups in total. The first kappa shape index (κ1) is 13.5. The molecule has 1 unspecified atom stereocenters. The van der Waals surface area contributed by atoms with E-state index < -0.39 is 5.54 Å². The van der Waals surface area contributed by atoms with Crippen LogP contribution >= 0.6 is 0 Å². The molecule has 0 radical (unpaired) electrons. The first-order valence-corrected chi connectivity index (χ1v) is 5.89. The molecule has 1 saturated heterocycles. The molecule has 0 aromatic carbocycles. The van der Waals surface area contributed by atoms with Gasteiger partial charge in [-0.25, -0.2) is 0 Å². The van der Waals surface area contributed by atoms with E-state index in [0.29, 0.717) is 6.61 Å². The minimum Gasteiger partial charge on any atom is -0.466 e. The summed E-state index contributed by atoms with van der Waals surface area (Å²) in [6, 6.07) is 0. The average molecular weight is 229 g/mol. The Hall–Kier alpha value is -0.610. The van der Waals surface area contributed by atoms with E-state index in [0.717, 1.165) is 12.8 Å². The van der Waals surface area contributed by atoms with E-state index in [1.807, 2.05) is 27.7 Å². The molecule has 1 rings (SSSR count). The van der Waals surface area contributed by atoms with Crippen LogP contribution in [0.3, 0.4) is 0 Å². The molecular formula is C12H23NO3. The van der Waals surface area contributed by atoms with Crippen LogP contribution in [-0.4, -0.2) is 33.9 Å². The highest BCUT2D eigenvalue weighted by molar-refractivity contribution is 5.74. The van der Waals surface area contributed by atoms with Gasteiger partial charge in [-0.2, -0.15) is 5.06 Å². The Morgan fingerprint density at radius 2 is 2.00 bits per heavy atom. The second kappa shape index (κ2) is 4.34. The number of carbonyl (C=O) groups excluding carboxylic acids is 1. The first-order valence-electron chi connectivity index (χ1n) is 5.89. The molecule has 1 aliphatic heterocycles. The summed E-state index contributed by atoms with van der Waals surface area (Å²) in [4.78, 5) is 11.8. The predicted octanol–water partition coefficient (Wildman–Crippen LogP) is 2.21. The average Bonchev–Trinajstić information content (AvgIpc) is 2.15. The number of esters is 1. The molecule has 94 valence electrons. The van der Waals surface area contributed by atoms with Crippen molar-refractivity contribution >= 4 is 5.97 Å². The topological polar surface area (TPSA) is 49.8 Å². The second-order valence-corrected chi connectivity index (χ2v) is 5.62. The van der Waals surface area contributed by atoms with E-state index in [4.69, 9.17) is 4.74 Å². The van der Waals surface area contributed by atoms with Gasteiger partial charge < -0.3 is 9.94 Å². The molecule has 0 aromatic heterocycles. The number of hydroxylamine groups is 2. The van der Waals surface area contributed by atoms with E-state index in [9.17, 15) is 10.0 Å². The molecule has 0 aromatic rings. The third-order valence-corrected chi connectivity index (χ3v) is 3.59. The number of hydrogen-bond donors (Lipinski definition) is 1. The zero-order valence-corrected chi connectivity index (χ0v) is 10.9. The predicted molar refractivity (Wildman–Crippen MR) is 61.1 cm³/mol. The van der Waals surface area contributed by atoms with Gasteiger partial charge >= 0.3 is 5.97 Å². The van der Waals surface area contributed by atoms with Crippen LogP contribution in [0.1, 0.15) is 47.5 Å². The molecule has 0 bridgehead atoms. The number of nitrogens with zero attached hydrogens (tertiary/aromatic N) is 1. The summed E-state index contributed by atoms with van der Waals surface area (Å²) in [5.41, 5.74) is -0.861. The number of piperidine rings is 1. The standard InChI is InChI=1S/C12H23NO3/c1-6-16-10(14)9-7-8-11(2,3)13(15)12(9,4)5/h9,15H,6-8H2,1-5H3. The van der Waals surface area contributed by atoms with E-state index in [1.165, 1.54) is 5.06 Å². The number of hydrogen-bond acceptors (Lipinski definition) is 4. The van der Waals surface area contributed by atoms with Crippen LogP contribution < -0.4 is 0 Å². The van der Waals surface area contributed by atoms with Crippen LogP contribution in [0.2, 0.25) is 0 Å². The SMILES string of the molecule is CCOC(=O)C1CCC(C)(C)N(O)C1(C)C. The smallest absolute Gasteiger partial charge is 0.310 e. The van der Waals surface area contributed by atoms with Gasteiger partial charge in [0.25, 0.3) is 0 Å². The molecule has 4 nitrogen and oxygen atoms in total. The Bertz CT molecular complexity index is 273. The van der Waals surface area contributed by atoms with Gasteiger partial charge in [-0.3, -0.25) is 4.79 Å². The highest BCUT2D eigenvalue weighted by Gasteiger charge is 2.50. The molecule has 1 atom stereocenters.